The Morgan fingerprint density at radius 3 is 2.44 bits per heavy atom. The molecule has 0 spiro atoms. The molecular weight excluding hydrogens is 234 g/mol. The van der Waals surface area contributed by atoms with E-state index >= 15 is 0 Å². The first-order chi connectivity index (χ1) is 8.56. The Morgan fingerprint density at radius 1 is 1.39 bits per heavy atom. The van der Waals surface area contributed by atoms with Crippen LogP contribution in [0.15, 0.2) is 12.4 Å². The van der Waals surface area contributed by atoms with Gasteiger partial charge < -0.3 is 15.2 Å². The van der Waals surface area contributed by atoms with Gasteiger partial charge in [-0.1, -0.05) is 13.8 Å². The van der Waals surface area contributed by atoms with Crippen molar-refractivity contribution in [2.45, 2.75) is 32.3 Å². The lowest BCUT2D eigenvalue weighted by Gasteiger charge is -2.30. The van der Waals surface area contributed by atoms with E-state index in [-0.39, 0.29) is 11.3 Å². The van der Waals surface area contributed by atoms with E-state index in [0.717, 1.165) is 12.8 Å². The number of rotatable bonds is 7. The van der Waals surface area contributed by atoms with E-state index in [1.165, 1.54) is 12.4 Å². The van der Waals surface area contributed by atoms with Crippen LogP contribution in [0.2, 0.25) is 0 Å². The molecule has 0 saturated heterocycles. The Labute approximate surface area is 106 Å². The molecule has 0 unspecified atom stereocenters. The molecule has 18 heavy (non-hydrogen) atoms. The topological polar surface area (TPSA) is 84.3 Å². The minimum absolute atomic E-state index is 0.0652. The summed E-state index contributed by atoms with van der Waals surface area (Å²) in [6.07, 6.45) is 4.41. The molecule has 1 rings (SSSR count). The molecule has 1 heterocycles. The molecule has 6 nitrogen and oxygen atoms in total. The summed E-state index contributed by atoms with van der Waals surface area (Å²) >= 11 is 0. The summed E-state index contributed by atoms with van der Waals surface area (Å²) in [5.41, 5.74) is -0.294. The molecule has 1 aromatic heterocycles. The zero-order chi connectivity index (χ0) is 13.6. The highest BCUT2D eigenvalue weighted by atomic mass is 16.5. The summed E-state index contributed by atoms with van der Waals surface area (Å²) in [7, 11) is 1.69. The standard InChI is InChI=1S/C12H19N3O3/c1-4-12(5-2,18-3)8-15-10-7-13-9(6-14-10)11(16)17/h6-7H,4-5,8H2,1-3H3,(H,14,15)(H,16,17). The zero-order valence-corrected chi connectivity index (χ0v) is 10.9. The molecule has 0 aromatic carbocycles. The number of carbonyl (C=O) groups is 1. The Hall–Kier alpha value is -1.69. The van der Waals surface area contributed by atoms with Crippen molar-refractivity contribution >= 4 is 11.8 Å². The van der Waals surface area contributed by atoms with Gasteiger partial charge in [0.2, 0.25) is 0 Å². The maximum absolute atomic E-state index is 10.6. The molecule has 2 N–H and O–H groups in total. The van der Waals surface area contributed by atoms with E-state index in [9.17, 15) is 4.79 Å². The van der Waals surface area contributed by atoms with Crippen LogP contribution < -0.4 is 5.32 Å². The fraction of sp³-hybridized carbons (Fsp3) is 0.583. The molecule has 100 valence electrons. The summed E-state index contributed by atoms with van der Waals surface area (Å²) in [6, 6.07) is 0. The number of aromatic nitrogens is 2. The first kappa shape index (κ1) is 14.4. The van der Waals surface area contributed by atoms with Crippen molar-refractivity contribution in [1.82, 2.24) is 9.97 Å². The predicted octanol–water partition coefficient (Wildman–Crippen LogP) is 1.79. The number of anilines is 1. The largest absolute Gasteiger partial charge is 0.476 e. The van der Waals surface area contributed by atoms with Crippen LogP contribution in [0, 0.1) is 0 Å². The van der Waals surface area contributed by atoms with Crippen molar-refractivity contribution in [3.8, 4) is 0 Å². The minimum atomic E-state index is -1.08. The maximum atomic E-state index is 10.6. The number of methoxy groups -OCH3 is 1. The number of nitrogens with one attached hydrogen (secondary N) is 1. The van der Waals surface area contributed by atoms with Crippen LogP contribution in [-0.2, 0) is 4.74 Å². The van der Waals surface area contributed by atoms with Gasteiger partial charge in [0.25, 0.3) is 0 Å². The summed E-state index contributed by atoms with van der Waals surface area (Å²) in [5, 5.41) is 11.8. The number of aromatic carboxylic acids is 1. The van der Waals surface area contributed by atoms with E-state index in [1.54, 1.807) is 7.11 Å². The highest BCUT2D eigenvalue weighted by Gasteiger charge is 2.25. The Balaban J connectivity index is 2.65. The number of carboxylic acid groups (broad SMARTS) is 1. The quantitative estimate of drug-likeness (QED) is 0.770. The summed E-state index contributed by atoms with van der Waals surface area (Å²) in [5.74, 6) is -0.536. The normalized spacial score (nSPS) is 11.3. The minimum Gasteiger partial charge on any atom is -0.476 e. The van der Waals surface area contributed by atoms with Crippen LogP contribution in [0.3, 0.4) is 0 Å². The van der Waals surface area contributed by atoms with Crippen molar-refractivity contribution in [3.05, 3.63) is 18.1 Å². The molecule has 0 aliphatic carbocycles. The van der Waals surface area contributed by atoms with Crippen LogP contribution in [-0.4, -0.2) is 40.3 Å². The van der Waals surface area contributed by atoms with Crippen LogP contribution >= 0.6 is 0 Å². The first-order valence-electron chi connectivity index (χ1n) is 5.91. The molecule has 0 saturated carbocycles. The lowest BCUT2D eigenvalue weighted by Crippen LogP contribution is -2.38. The van der Waals surface area contributed by atoms with Crippen LogP contribution in [0.1, 0.15) is 37.2 Å². The van der Waals surface area contributed by atoms with Gasteiger partial charge in [0.05, 0.1) is 18.0 Å². The lowest BCUT2D eigenvalue weighted by atomic mass is 9.97. The van der Waals surface area contributed by atoms with E-state index in [1.807, 2.05) is 0 Å². The van der Waals surface area contributed by atoms with Crippen molar-refractivity contribution < 1.29 is 14.6 Å². The van der Waals surface area contributed by atoms with E-state index in [0.29, 0.717) is 12.4 Å². The highest BCUT2D eigenvalue weighted by molar-refractivity contribution is 5.84. The van der Waals surface area contributed by atoms with E-state index in [2.05, 4.69) is 29.1 Å². The number of ether oxygens (including phenoxy) is 1. The summed E-state index contributed by atoms with van der Waals surface area (Å²) in [6.45, 7) is 4.74. The number of nitrogens with zero attached hydrogens (tertiary/aromatic N) is 2. The third kappa shape index (κ3) is 3.40. The van der Waals surface area contributed by atoms with Crippen molar-refractivity contribution in [3.63, 3.8) is 0 Å². The van der Waals surface area contributed by atoms with Gasteiger partial charge in [0, 0.05) is 13.7 Å². The Bertz CT molecular complexity index is 380. The van der Waals surface area contributed by atoms with Crippen LogP contribution in [0.5, 0.6) is 0 Å². The first-order valence-corrected chi connectivity index (χ1v) is 5.91. The van der Waals surface area contributed by atoms with Gasteiger partial charge in [0.15, 0.2) is 5.69 Å². The smallest absolute Gasteiger partial charge is 0.356 e. The van der Waals surface area contributed by atoms with Crippen molar-refractivity contribution in [2.24, 2.45) is 0 Å². The second-order valence-electron chi connectivity index (χ2n) is 4.04. The number of carboxylic acids is 1. The molecule has 0 aliphatic rings. The average molecular weight is 253 g/mol. The van der Waals surface area contributed by atoms with Gasteiger partial charge >= 0.3 is 5.97 Å². The van der Waals surface area contributed by atoms with Gasteiger partial charge in [-0.25, -0.2) is 14.8 Å². The predicted molar refractivity (Wildman–Crippen MR) is 67.8 cm³/mol. The van der Waals surface area contributed by atoms with Gasteiger partial charge in [0.1, 0.15) is 5.82 Å². The highest BCUT2D eigenvalue weighted by Crippen LogP contribution is 2.19. The second kappa shape index (κ2) is 6.30. The zero-order valence-electron chi connectivity index (χ0n) is 10.9. The summed E-state index contributed by atoms with van der Waals surface area (Å²) < 4.78 is 5.52. The van der Waals surface area contributed by atoms with Crippen LogP contribution in [0.4, 0.5) is 5.82 Å². The third-order valence-corrected chi connectivity index (χ3v) is 3.18. The van der Waals surface area contributed by atoms with E-state index < -0.39 is 5.97 Å². The number of hydrogen-bond donors (Lipinski definition) is 2. The van der Waals surface area contributed by atoms with Crippen LogP contribution in [0.25, 0.3) is 0 Å². The third-order valence-electron chi connectivity index (χ3n) is 3.18. The molecular formula is C12H19N3O3. The fourth-order valence-electron chi connectivity index (χ4n) is 1.64. The monoisotopic (exact) mass is 253 g/mol. The maximum Gasteiger partial charge on any atom is 0.356 e. The molecule has 0 fully saturated rings. The molecule has 1 aromatic rings. The fourth-order valence-corrected chi connectivity index (χ4v) is 1.64. The van der Waals surface area contributed by atoms with Gasteiger partial charge in [-0.15, -0.1) is 0 Å². The Kier molecular flexibility index (Phi) is 5.03. The van der Waals surface area contributed by atoms with Gasteiger partial charge in [-0.2, -0.15) is 0 Å². The second-order valence-corrected chi connectivity index (χ2v) is 4.04. The molecule has 6 heteroatoms. The van der Waals surface area contributed by atoms with Gasteiger partial charge in [-0.3, -0.25) is 0 Å². The molecule has 0 radical (unpaired) electrons. The number of hydrogen-bond acceptors (Lipinski definition) is 5. The average Bonchev–Trinajstić information content (AvgIpc) is 2.41. The molecule has 0 amide bonds. The van der Waals surface area contributed by atoms with E-state index in [4.69, 9.17) is 9.84 Å². The van der Waals surface area contributed by atoms with Crippen molar-refractivity contribution in [1.29, 1.82) is 0 Å². The SMILES string of the molecule is CCC(CC)(CNc1cnc(C(=O)O)cn1)OC. The summed E-state index contributed by atoms with van der Waals surface area (Å²) in [4.78, 5) is 18.4. The Morgan fingerprint density at radius 2 is 2.06 bits per heavy atom. The lowest BCUT2D eigenvalue weighted by molar-refractivity contribution is -0.00532. The molecule has 0 atom stereocenters. The van der Waals surface area contributed by atoms with Gasteiger partial charge in [-0.05, 0) is 12.8 Å². The molecule has 0 aliphatic heterocycles. The molecule has 0 bridgehead atoms. The van der Waals surface area contributed by atoms with Crippen molar-refractivity contribution in [2.75, 3.05) is 19.0 Å².